The molecule has 8 amide bonds. The number of hydrogen-bond donors (Lipinski definition) is 8. The number of rotatable bonds is 40. The number of hydrogen-bond acceptors (Lipinski definition) is 17. The number of Topliss-reactive ketones (excluding diaryl/α,β-unsaturated/α-hetero) is 1. The lowest BCUT2D eigenvalue weighted by atomic mass is 9.62. The smallest absolute Gasteiger partial charge is 0.410 e. The summed E-state index contributed by atoms with van der Waals surface area (Å²) in [6.07, 6.45) is 0.310. The molecule has 0 aliphatic heterocycles. The van der Waals surface area contributed by atoms with Crippen molar-refractivity contribution >= 4 is 76.5 Å². The van der Waals surface area contributed by atoms with Crippen LogP contribution in [-0.2, 0) is 42.9 Å². The Morgan fingerprint density at radius 2 is 0.476 bits per heavy atom. The number of amides is 8. The highest BCUT2D eigenvalue weighted by Gasteiger charge is 2.49. The van der Waals surface area contributed by atoms with Crippen molar-refractivity contribution in [1.82, 2.24) is 21.3 Å². The van der Waals surface area contributed by atoms with Crippen LogP contribution in [0.2, 0.25) is 0 Å². The van der Waals surface area contributed by atoms with Gasteiger partial charge in [-0.3, -0.25) is 24.0 Å². The van der Waals surface area contributed by atoms with Gasteiger partial charge in [0.2, 0.25) is 5.78 Å². The van der Waals surface area contributed by atoms with E-state index < -0.39 is 86.0 Å². The highest BCUT2D eigenvalue weighted by molar-refractivity contribution is 6.39. The number of benzene rings is 4. The van der Waals surface area contributed by atoms with Gasteiger partial charge < -0.3 is 80.4 Å². The minimum absolute atomic E-state index is 0.192. The van der Waals surface area contributed by atoms with Gasteiger partial charge in [-0.25, -0.2) is 19.2 Å². The number of anilines is 4. The number of carbonyl (C=O) groups excluding carboxylic acids is 9. The molecule has 4 rings (SSSR count). The zero-order valence-electron chi connectivity index (χ0n) is 65.3. The number of carbonyl (C=O) groups is 9. The van der Waals surface area contributed by atoms with Crippen molar-refractivity contribution in [2.75, 3.05) is 47.7 Å². The maximum Gasteiger partial charge on any atom is 0.413 e. The van der Waals surface area contributed by atoms with E-state index in [2.05, 4.69) is 62.3 Å². The van der Waals surface area contributed by atoms with Gasteiger partial charge in [-0.05, 0) is 285 Å². The molecule has 0 aliphatic carbocycles. The molecule has 25 heteroatoms. The minimum Gasteiger partial charge on any atom is -0.410 e. The van der Waals surface area contributed by atoms with Crippen LogP contribution in [-0.4, -0.2) is 125 Å². The third-order valence-corrected chi connectivity index (χ3v) is 16.6. The molecule has 8 N–H and O–H groups in total. The molecule has 105 heavy (non-hydrogen) atoms. The molecule has 0 radical (unpaired) electrons. The van der Waals surface area contributed by atoms with E-state index in [1.807, 2.05) is 111 Å². The molecule has 0 atom stereocenters. The van der Waals surface area contributed by atoms with Gasteiger partial charge in [0.25, 0.3) is 23.6 Å². The highest BCUT2D eigenvalue weighted by atomic mass is 16.6. The van der Waals surface area contributed by atoms with E-state index in [9.17, 15) is 43.2 Å². The Balaban J connectivity index is 1.65. The van der Waals surface area contributed by atoms with Crippen molar-refractivity contribution in [1.29, 1.82) is 0 Å². The average molecular weight is 1460 g/mol. The van der Waals surface area contributed by atoms with E-state index in [0.29, 0.717) is 90.8 Å². The Morgan fingerprint density at radius 3 is 0.648 bits per heavy atom. The third kappa shape index (κ3) is 33.9. The van der Waals surface area contributed by atoms with E-state index in [1.165, 1.54) is 24.3 Å². The molecule has 4 aromatic rings. The summed E-state index contributed by atoms with van der Waals surface area (Å²) in [7, 11) is 0. The summed E-state index contributed by atoms with van der Waals surface area (Å²) in [5.41, 5.74) is -4.73. The van der Waals surface area contributed by atoms with E-state index >= 15 is 0 Å². The number of ketones is 1. The molecule has 0 aliphatic rings. The van der Waals surface area contributed by atoms with Gasteiger partial charge in [0.05, 0.1) is 22.4 Å². The van der Waals surface area contributed by atoms with Crippen LogP contribution in [0, 0.1) is 5.41 Å². The predicted molar refractivity (Wildman–Crippen MR) is 408 cm³/mol. The molecule has 4 aromatic carbocycles. The first-order valence-electron chi connectivity index (χ1n) is 35.0. The van der Waals surface area contributed by atoms with E-state index in [4.69, 9.17) is 37.9 Å². The molecule has 0 heterocycles. The standard InChI is InChI=1S/C80H114N8O17/c1-52(2)64(90)81-56-24-32-60(33-25-56)102-68(94)85-72(8,9)40-44-98-76(16,17)48-80(49-77(18,19)99-45-41-73(10,11)86-69(95)103-61-34-26-57(27-35-61)82-65(91)53(3)4,50-78(20,21)100-46-42-74(12,13)87-70(96)104-62-36-28-58(29-37-62)83-66(92)54(5)6)51-79(22,23)101-47-43-75(14,15)88-71(97)105-63-38-30-59(31-39-63)84-67(93)55(7)89/h24-39H,1,3,5,40-51H2,2,4,6-23H3,(H,81,90)(H,82,91)(H,83,92)(H,84,93)(H,85,94)(H,86,95)(H,87,96)(H,88,97). The topological polar surface area (TPSA) is 324 Å². The summed E-state index contributed by atoms with van der Waals surface area (Å²) in [5.74, 6) is -1.44. The van der Waals surface area contributed by atoms with Gasteiger partial charge in [-0.1, -0.05) is 19.7 Å². The average Bonchev–Trinajstić information content (AvgIpc) is 0.776. The van der Waals surface area contributed by atoms with Gasteiger partial charge in [-0.15, -0.1) is 0 Å². The molecular weight excluding hydrogens is 1340 g/mol. The summed E-state index contributed by atoms with van der Waals surface area (Å²) in [5, 5.41) is 22.5. The maximum absolute atomic E-state index is 13.4. The zero-order chi connectivity index (χ0) is 79.2. The molecule has 0 unspecified atom stereocenters. The van der Waals surface area contributed by atoms with Gasteiger partial charge in [0.15, 0.2) is 0 Å². The van der Waals surface area contributed by atoms with Crippen molar-refractivity contribution in [3.8, 4) is 23.0 Å². The van der Waals surface area contributed by atoms with Gasteiger partial charge in [0.1, 0.15) is 23.0 Å². The largest absolute Gasteiger partial charge is 0.413 e. The molecule has 0 spiro atoms. The second-order valence-corrected chi connectivity index (χ2v) is 32.0. The minimum atomic E-state index is -0.889. The maximum atomic E-state index is 13.4. The van der Waals surface area contributed by atoms with Crippen LogP contribution in [0.5, 0.6) is 23.0 Å². The van der Waals surface area contributed by atoms with Crippen LogP contribution in [0.25, 0.3) is 0 Å². The quantitative estimate of drug-likeness (QED) is 0.0151. The van der Waals surface area contributed by atoms with E-state index in [0.717, 1.165) is 6.92 Å². The van der Waals surface area contributed by atoms with Crippen molar-refractivity contribution in [3.63, 3.8) is 0 Å². The van der Waals surface area contributed by atoms with Crippen LogP contribution in [0.3, 0.4) is 0 Å². The first kappa shape index (κ1) is 88.0. The zero-order valence-corrected chi connectivity index (χ0v) is 65.3. The molecule has 0 fully saturated rings. The molecule has 0 bridgehead atoms. The first-order chi connectivity index (χ1) is 48.3. The Bertz CT molecular complexity index is 3220. The van der Waals surface area contributed by atoms with Crippen molar-refractivity contribution in [2.24, 2.45) is 5.41 Å². The Morgan fingerprint density at radius 1 is 0.295 bits per heavy atom. The molecule has 0 saturated carbocycles. The summed E-state index contributed by atoms with van der Waals surface area (Å²) in [4.78, 5) is 114. The molecule has 0 aromatic heterocycles. The SMILES string of the molecule is C=C(C)C(=O)Nc1ccc(OC(=O)NC(C)(C)CCOC(C)(C)CC(CC(C)(C)OCCC(C)(C)NC(=O)Oc2ccc(NC(=O)C(=C)C)cc2)(CC(C)(C)OCCC(C)(C)NC(=O)Oc2ccc(NC(=O)C(=C)C)cc2)CC(C)(C)OCCC(C)(C)NC(=O)Oc2ccc(NC(=O)C(C)=O)cc2)cc1. The normalized spacial score (nSPS) is 12.3. The van der Waals surface area contributed by atoms with Gasteiger partial charge in [0, 0.05) is 95.0 Å². The van der Waals surface area contributed by atoms with E-state index in [-0.39, 0.29) is 67.1 Å². The second-order valence-electron chi connectivity index (χ2n) is 32.0. The molecular formula is C80H114N8O17. The van der Waals surface area contributed by atoms with Crippen molar-refractivity contribution in [3.05, 3.63) is 134 Å². The van der Waals surface area contributed by atoms with Crippen LogP contribution in [0.1, 0.15) is 190 Å². The summed E-state index contributed by atoms with van der Waals surface area (Å²) in [6.45, 7) is 48.8. The summed E-state index contributed by atoms with van der Waals surface area (Å²) in [6, 6.07) is 25.2. The van der Waals surface area contributed by atoms with Crippen molar-refractivity contribution < 1.29 is 81.0 Å². The third-order valence-electron chi connectivity index (χ3n) is 16.6. The van der Waals surface area contributed by atoms with Crippen LogP contribution >= 0.6 is 0 Å². The highest BCUT2D eigenvalue weighted by Crippen LogP contribution is 2.51. The Hall–Kier alpha value is -9.43. The fourth-order valence-electron chi connectivity index (χ4n) is 11.8. The molecule has 576 valence electrons. The lowest BCUT2D eigenvalue weighted by Gasteiger charge is -2.50. The fourth-order valence-corrected chi connectivity index (χ4v) is 11.8. The van der Waals surface area contributed by atoms with Gasteiger partial charge in [-0.2, -0.15) is 0 Å². The lowest BCUT2D eigenvalue weighted by Crippen LogP contribution is -2.50. The van der Waals surface area contributed by atoms with Crippen LogP contribution in [0.15, 0.2) is 134 Å². The Kier molecular flexibility index (Phi) is 31.4. The monoisotopic (exact) mass is 1460 g/mol. The van der Waals surface area contributed by atoms with Gasteiger partial charge >= 0.3 is 24.4 Å². The second kappa shape index (κ2) is 37.5. The number of nitrogens with one attached hydrogen (secondary N) is 8. The lowest BCUT2D eigenvalue weighted by molar-refractivity contribution is -0.147. The molecule has 0 saturated heterocycles. The van der Waals surface area contributed by atoms with E-state index in [1.54, 1.807) is 93.6 Å². The summed E-state index contributed by atoms with van der Waals surface area (Å²) >= 11 is 0. The fraction of sp³-hybridized carbons (Fsp3) is 0.512. The Labute approximate surface area is 620 Å². The number of ether oxygens (including phenoxy) is 8. The van der Waals surface area contributed by atoms with Crippen molar-refractivity contribution in [2.45, 2.75) is 234 Å². The van der Waals surface area contributed by atoms with Crippen LogP contribution in [0.4, 0.5) is 41.9 Å². The molecule has 25 nitrogen and oxygen atoms in total. The van der Waals surface area contributed by atoms with Crippen LogP contribution < -0.4 is 61.5 Å². The first-order valence-corrected chi connectivity index (χ1v) is 35.0. The summed E-state index contributed by atoms with van der Waals surface area (Å²) < 4.78 is 50.3. The predicted octanol–water partition coefficient (Wildman–Crippen LogP) is 15.6.